The van der Waals surface area contributed by atoms with Crippen LogP contribution in [0, 0.1) is 6.92 Å². The number of anilines is 2. The van der Waals surface area contributed by atoms with Crippen molar-refractivity contribution in [3.8, 4) is 5.75 Å². The van der Waals surface area contributed by atoms with Gasteiger partial charge in [-0.05, 0) is 37.5 Å². The molecule has 0 aliphatic carbocycles. The summed E-state index contributed by atoms with van der Waals surface area (Å²) in [5, 5.41) is 4.02. The van der Waals surface area contributed by atoms with Gasteiger partial charge in [0.15, 0.2) is 5.82 Å². The summed E-state index contributed by atoms with van der Waals surface area (Å²) in [5.74, 6) is 1.05. The lowest BCUT2D eigenvalue weighted by atomic mass is 10.1. The Morgan fingerprint density at radius 1 is 1.13 bits per heavy atom. The number of aryl methyl sites for hydroxylation is 1. The maximum atomic E-state index is 12.7. The quantitative estimate of drug-likeness (QED) is 0.757. The number of carbonyl (C=O) groups is 1. The number of hydrogen-bond acceptors (Lipinski definition) is 6. The Morgan fingerprint density at radius 3 is 2.52 bits per heavy atom. The first-order chi connectivity index (χ1) is 14.8. The summed E-state index contributed by atoms with van der Waals surface area (Å²) >= 11 is 0. The number of hydrogen-bond donors (Lipinski definition) is 1. The molecule has 0 bridgehead atoms. The summed E-state index contributed by atoms with van der Waals surface area (Å²) in [6, 6.07) is 7.52. The van der Waals surface area contributed by atoms with Crippen molar-refractivity contribution in [3.05, 3.63) is 36.0 Å². The zero-order chi connectivity index (χ0) is 22.0. The van der Waals surface area contributed by atoms with Gasteiger partial charge in [-0.1, -0.05) is 6.07 Å². The van der Waals surface area contributed by atoms with E-state index in [-0.39, 0.29) is 18.0 Å². The molecule has 0 atom stereocenters. The molecule has 0 spiro atoms. The van der Waals surface area contributed by atoms with Gasteiger partial charge in [-0.15, -0.1) is 5.10 Å². The average Bonchev–Trinajstić information content (AvgIpc) is 3.40. The molecule has 2 aromatic rings. The van der Waals surface area contributed by atoms with Gasteiger partial charge in [0.05, 0.1) is 11.9 Å². The molecule has 1 amide bonds. The Morgan fingerprint density at radius 2 is 1.84 bits per heavy atom. The van der Waals surface area contributed by atoms with Crippen LogP contribution in [0.25, 0.3) is 0 Å². The summed E-state index contributed by atoms with van der Waals surface area (Å²) in [5.41, 5.74) is 2.39. The number of nitrogens with one attached hydrogen (secondary N) is 1. The zero-order valence-electron chi connectivity index (χ0n) is 18.0. The lowest BCUT2D eigenvalue weighted by molar-refractivity contribution is 0.111. The van der Waals surface area contributed by atoms with Gasteiger partial charge in [0.1, 0.15) is 11.9 Å². The second-order valence-corrected chi connectivity index (χ2v) is 10.0. The number of piperidine rings is 1. The Hall–Kier alpha value is -2.75. The van der Waals surface area contributed by atoms with E-state index in [0.29, 0.717) is 13.1 Å². The highest BCUT2D eigenvalue weighted by Crippen LogP contribution is 2.33. The fourth-order valence-electron chi connectivity index (χ4n) is 4.10. The molecule has 4 rings (SSSR count). The van der Waals surface area contributed by atoms with Gasteiger partial charge in [0, 0.05) is 51.3 Å². The highest BCUT2D eigenvalue weighted by Gasteiger charge is 2.27. The van der Waals surface area contributed by atoms with E-state index in [9.17, 15) is 13.2 Å². The van der Waals surface area contributed by atoms with E-state index in [1.807, 2.05) is 0 Å². The summed E-state index contributed by atoms with van der Waals surface area (Å²) in [6.07, 6.45) is 6.44. The molecule has 0 unspecified atom stereocenters. The SMILES string of the molecule is Cc1ccc(OC2CCN(C(=O)n3ccc(NS(C)(=O)=O)n3)CC2)c(N2CCCC2)c1. The topological polar surface area (TPSA) is 96.8 Å². The minimum atomic E-state index is -3.43. The third kappa shape index (κ3) is 5.30. The summed E-state index contributed by atoms with van der Waals surface area (Å²) in [7, 11) is -3.43. The van der Waals surface area contributed by atoms with Crippen LogP contribution in [0.3, 0.4) is 0 Å². The normalized spacial score (nSPS) is 17.7. The van der Waals surface area contributed by atoms with Crippen LogP contribution in [0.1, 0.15) is 31.2 Å². The van der Waals surface area contributed by atoms with Crippen LogP contribution in [0.2, 0.25) is 0 Å². The van der Waals surface area contributed by atoms with E-state index in [0.717, 1.165) is 37.9 Å². The summed E-state index contributed by atoms with van der Waals surface area (Å²) in [6.45, 7) is 5.34. The number of nitrogens with zero attached hydrogens (tertiary/aromatic N) is 4. The third-order valence-corrected chi connectivity index (χ3v) is 6.22. The standard InChI is InChI=1S/C21H29N5O4S/c1-16-5-6-19(18(15-16)24-10-3-4-11-24)30-17-7-12-25(13-8-17)21(27)26-14-9-20(22-26)23-31(2,28)29/h5-6,9,14-15,17H,3-4,7-8,10-13H2,1-2H3,(H,22,23). The van der Waals surface area contributed by atoms with E-state index in [4.69, 9.17) is 4.74 Å². The summed E-state index contributed by atoms with van der Waals surface area (Å²) in [4.78, 5) is 16.8. The van der Waals surface area contributed by atoms with Gasteiger partial charge < -0.3 is 14.5 Å². The van der Waals surface area contributed by atoms with E-state index >= 15 is 0 Å². The van der Waals surface area contributed by atoms with Crippen molar-refractivity contribution in [1.82, 2.24) is 14.7 Å². The maximum Gasteiger partial charge on any atom is 0.344 e. The molecule has 9 nitrogen and oxygen atoms in total. The number of aromatic nitrogens is 2. The second kappa shape index (κ2) is 8.78. The number of carbonyl (C=O) groups excluding carboxylic acids is 1. The molecular weight excluding hydrogens is 418 g/mol. The Labute approximate surface area is 183 Å². The van der Waals surface area contributed by atoms with Crippen LogP contribution in [0.4, 0.5) is 16.3 Å². The number of rotatable bonds is 5. The Bertz CT molecular complexity index is 1040. The maximum absolute atomic E-state index is 12.7. The molecule has 2 saturated heterocycles. The van der Waals surface area contributed by atoms with Gasteiger partial charge in [-0.25, -0.2) is 13.2 Å². The smallest absolute Gasteiger partial charge is 0.344 e. The van der Waals surface area contributed by atoms with Crippen molar-refractivity contribution in [1.29, 1.82) is 0 Å². The molecule has 0 radical (unpaired) electrons. The van der Waals surface area contributed by atoms with Gasteiger partial charge >= 0.3 is 6.03 Å². The molecule has 2 aliphatic rings. The van der Waals surface area contributed by atoms with Crippen molar-refractivity contribution in [3.63, 3.8) is 0 Å². The molecule has 10 heteroatoms. The Kier molecular flexibility index (Phi) is 6.08. The molecule has 2 fully saturated rings. The number of ether oxygens (including phenoxy) is 1. The van der Waals surface area contributed by atoms with E-state index in [1.54, 1.807) is 4.90 Å². The molecule has 2 aliphatic heterocycles. The van der Waals surface area contributed by atoms with E-state index in [2.05, 4.69) is 39.8 Å². The monoisotopic (exact) mass is 447 g/mol. The number of benzene rings is 1. The van der Waals surface area contributed by atoms with Crippen LogP contribution in [0.15, 0.2) is 30.5 Å². The van der Waals surface area contributed by atoms with Crippen molar-refractivity contribution in [2.24, 2.45) is 0 Å². The van der Waals surface area contributed by atoms with Gasteiger partial charge in [0.25, 0.3) is 0 Å². The molecule has 3 heterocycles. The molecular formula is C21H29N5O4S. The minimum absolute atomic E-state index is 0.0493. The van der Waals surface area contributed by atoms with Crippen molar-refractivity contribution in [2.75, 3.05) is 42.1 Å². The van der Waals surface area contributed by atoms with Gasteiger partial charge in [0.2, 0.25) is 10.0 Å². The minimum Gasteiger partial charge on any atom is -0.488 e. The van der Waals surface area contributed by atoms with Crippen LogP contribution < -0.4 is 14.4 Å². The lowest BCUT2D eigenvalue weighted by Crippen LogP contribution is -2.43. The molecule has 1 aromatic carbocycles. The number of likely N-dealkylation sites (tertiary alicyclic amines) is 1. The average molecular weight is 448 g/mol. The predicted molar refractivity (Wildman–Crippen MR) is 119 cm³/mol. The first kappa shape index (κ1) is 21.5. The first-order valence-corrected chi connectivity index (χ1v) is 12.5. The van der Waals surface area contributed by atoms with Gasteiger partial charge in [-0.3, -0.25) is 4.72 Å². The predicted octanol–water partition coefficient (Wildman–Crippen LogP) is 2.67. The molecule has 31 heavy (non-hydrogen) atoms. The van der Waals surface area contributed by atoms with E-state index < -0.39 is 10.0 Å². The fraction of sp³-hybridized carbons (Fsp3) is 0.524. The Balaban J connectivity index is 1.36. The van der Waals surface area contributed by atoms with E-state index in [1.165, 1.54) is 41.0 Å². The molecule has 1 aromatic heterocycles. The highest BCUT2D eigenvalue weighted by molar-refractivity contribution is 7.92. The third-order valence-electron chi connectivity index (χ3n) is 5.64. The van der Waals surface area contributed by atoms with Crippen LogP contribution in [0.5, 0.6) is 5.75 Å². The second-order valence-electron chi connectivity index (χ2n) is 8.27. The largest absolute Gasteiger partial charge is 0.488 e. The molecule has 1 N–H and O–H groups in total. The lowest BCUT2D eigenvalue weighted by Gasteiger charge is -2.33. The van der Waals surface area contributed by atoms with Crippen molar-refractivity contribution >= 4 is 27.6 Å². The summed E-state index contributed by atoms with van der Waals surface area (Å²) < 4.78 is 32.4. The van der Waals surface area contributed by atoms with Gasteiger partial charge in [-0.2, -0.15) is 4.68 Å². The number of sulfonamides is 1. The van der Waals surface area contributed by atoms with Crippen molar-refractivity contribution < 1.29 is 17.9 Å². The zero-order valence-corrected chi connectivity index (χ0v) is 18.8. The fourth-order valence-corrected chi connectivity index (χ4v) is 4.59. The number of amides is 1. The molecule has 168 valence electrons. The highest BCUT2D eigenvalue weighted by atomic mass is 32.2. The van der Waals surface area contributed by atoms with Crippen LogP contribution >= 0.6 is 0 Å². The van der Waals surface area contributed by atoms with Crippen LogP contribution in [-0.2, 0) is 10.0 Å². The molecule has 0 saturated carbocycles. The van der Waals surface area contributed by atoms with Crippen LogP contribution in [-0.4, -0.2) is 67.7 Å². The first-order valence-electron chi connectivity index (χ1n) is 10.6. The van der Waals surface area contributed by atoms with Crippen molar-refractivity contribution in [2.45, 2.75) is 38.7 Å².